The fraction of sp³-hybridized carbons (Fsp3) is 0.368. The third-order valence-electron chi connectivity index (χ3n) is 4.43. The molecule has 3 N–H and O–H groups in total. The molecule has 1 aromatic carbocycles. The molecule has 0 bridgehead atoms. The lowest BCUT2D eigenvalue weighted by atomic mass is 9.97. The number of aromatic nitrogens is 1. The highest BCUT2D eigenvalue weighted by atomic mass is 16.5. The van der Waals surface area contributed by atoms with E-state index in [0.717, 1.165) is 23.4 Å². The number of pyridine rings is 1. The molecule has 2 aromatic rings. The highest BCUT2D eigenvalue weighted by molar-refractivity contribution is 5.73. The number of carbonyl (C=O) groups excluding carboxylic acids is 1. The van der Waals surface area contributed by atoms with Crippen molar-refractivity contribution >= 4 is 6.03 Å². The number of benzene rings is 1. The zero-order valence-electron chi connectivity index (χ0n) is 14.5. The van der Waals surface area contributed by atoms with Gasteiger partial charge in [-0.25, -0.2) is 4.79 Å². The van der Waals surface area contributed by atoms with Crippen molar-refractivity contribution in [3.63, 3.8) is 0 Å². The van der Waals surface area contributed by atoms with Gasteiger partial charge in [-0.15, -0.1) is 0 Å². The summed E-state index contributed by atoms with van der Waals surface area (Å²) in [4.78, 5) is 26.7. The topological polar surface area (TPSA) is 83.2 Å². The zero-order valence-corrected chi connectivity index (χ0v) is 14.5. The van der Waals surface area contributed by atoms with Gasteiger partial charge in [0.05, 0.1) is 13.2 Å². The zero-order chi connectivity index (χ0) is 17.8. The first-order valence-electron chi connectivity index (χ1n) is 8.44. The fourth-order valence-corrected chi connectivity index (χ4v) is 3.09. The number of ether oxygens (including phenoxy) is 1. The molecular formula is C19H23N3O3. The molecule has 2 amide bonds. The molecule has 1 aliphatic heterocycles. The first kappa shape index (κ1) is 17.1. The van der Waals surface area contributed by atoms with Crippen LogP contribution in [0.4, 0.5) is 4.79 Å². The lowest BCUT2D eigenvalue weighted by Gasteiger charge is -2.25. The number of carbonyl (C=O) groups is 1. The van der Waals surface area contributed by atoms with Crippen LogP contribution < -0.4 is 20.9 Å². The average molecular weight is 341 g/mol. The lowest BCUT2D eigenvalue weighted by Crippen LogP contribution is -2.41. The van der Waals surface area contributed by atoms with Crippen LogP contribution in [-0.2, 0) is 13.0 Å². The van der Waals surface area contributed by atoms with Crippen molar-refractivity contribution in [3.8, 4) is 5.75 Å². The van der Waals surface area contributed by atoms with Crippen molar-refractivity contribution in [2.45, 2.75) is 26.8 Å². The van der Waals surface area contributed by atoms with Crippen molar-refractivity contribution in [1.29, 1.82) is 0 Å². The minimum absolute atomic E-state index is 0.157. The van der Waals surface area contributed by atoms with Crippen LogP contribution in [0.2, 0.25) is 0 Å². The molecule has 1 aliphatic rings. The van der Waals surface area contributed by atoms with Gasteiger partial charge in [0.15, 0.2) is 0 Å². The standard InChI is InChI=1S/C19H23N3O3/c1-12-7-13(2)22-18(23)16(12)10-21-19(24)20-9-14-8-15-5-3-4-6-17(15)25-11-14/h3-7,14H,8-11H2,1-2H3,(H,22,23)(H2,20,21,24). The monoisotopic (exact) mass is 341 g/mol. The van der Waals surface area contributed by atoms with E-state index >= 15 is 0 Å². The molecule has 3 rings (SSSR count). The van der Waals surface area contributed by atoms with Crippen molar-refractivity contribution in [2.24, 2.45) is 5.92 Å². The summed E-state index contributed by atoms with van der Waals surface area (Å²) >= 11 is 0. The van der Waals surface area contributed by atoms with Gasteiger partial charge in [0.1, 0.15) is 5.75 Å². The van der Waals surface area contributed by atoms with Gasteiger partial charge >= 0.3 is 6.03 Å². The highest BCUT2D eigenvalue weighted by Gasteiger charge is 2.20. The summed E-state index contributed by atoms with van der Waals surface area (Å²) in [6.45, 7) is 5.03. The second-order valence-electron chi connectivity index (χ2n) is 6.50. The molecule has 132 valence electrons. The van der Waals surface area contributed by atoms with Crippen LogP contribution in [0, 0.1) is 19.8 Å². The molecule has 0 radical (unpaired) electrons. The SMILES string of the molecule is Cc1cc(C)c(CNC(=O)NCC2COc3ccccc3C2)c(=O)[nH]1. The van der Waals surface area contributed by atoms with Gasteiger partial charge in [0.2, 0.25) is 0 Å². The number of hydrogen-bond acceptors (Lipinski definition) is 3. The quantitative estimate of drug-likeness (QED) is 0.796. The summed E-state index contributed by atoms with van der Waals surface area (Å²) in [6, 6.07) is 9.58. The average Bonchev–Trinajstić information content (AvgIpc) is 2.59. The Labute approximate surface area is 146 Å². The number of hydrogen-bond donors (Lipinski definition) is 3. The smallest absolute Gasteiger partial charge is 0.315 e. The molecule has 0 saturated carbocycles. The van der Waals surface area contributed by atoms with Crippen LogP contribution in [0.1, 0.15) is 22.4 Å². The van der Waals surface area contributed by atoms with E-state index in [2.05, 4.69) is 15.6 Å². The van der Waals surface area contributed by atoms with Crippen LogP contribution in [0.5, 0.6) is 5.75 Å². The molecule has 6 heteroatoms. The Morgan fingerprint density at radius 1 is 1.28 bits per heavy atom. The van der Waals surface area contributed by atoms with Crippen LogP contribution >= 0.6 is 0 Å². The number of amides is 2. The Morgan fingerprint density at radius 2 is 2.08 bits per heavy atom. The summed E-state index contributed by atoms with van der Waals surface area (Å²) in [7, 11) is 0. The van der Waals surface area contributed by atoms with Gasteiger partial charge < -0.3 is 20.4 Å². The number of para-hydroxylation sites is 1. The van der Waals surface area contributed by atoms with Gasteiger partial charge in [0, 0.05) is 23.7 Å². The highest BCUT2D eigenvalue weighted by Crippen LogP contribution is 2.26. The first-order chi connectivity index (χ1) is 12.0. The molecule has 2 heterocycles. The number of aromatic amines is 1. The predicted molar refractivity (Wildman–Crippen MR) is 95.9 cm³/mol. The van der Waals surface area contributed by atoms with E-state index in [1.807, 2.05) is 44.2 Å². The van der Waals surface area contributed by atoms with Crippen LogP contribution in [0.25, 0.3) is 0 Å². The first-order valence-corrected chi connectivity index (χ1v) is 8.44. The van der Waals surface area contributed by atoms with Crippen LogP contribution in [0.15, 0.2) is 35.1 Å². The molecule has 0 aliphatic carbocycles. The Hall–Kier alpha value is -2.76. The summed E-state index contributed by atoms with van der Waals surface area (Å²) in [5, 5.41) is 5.61. The maximum absolute atomic E-state index is 12.0. The van der Waals surface area contributed by atoms with Crippen LogP contribution in [0.3, 0.4) is 0 Å². The number of rotatable bonds is 4. The minimum atomic E-state index is -0.279. The predicted octanol–water partition coefficient (Wildman–Crippen LogP) is 2.04. The van der Waals surface area contributed by atoms with Gasteiger partial charge in [-0.2, -0.15) is 0 Å². The maximum atomic E-state index is 12.0. The van der Waals surface area contributed by atoms with E-state index in [9.17, 15) is 9.59 Å². The largest absolute Gasteiger partial charge is 0.493 e. The number of nitrogens with one attached hydrogen (secondary N) is 3. The molecule has 1 atom stereocenters. The lowest BCUT2D eigenvalue weighted by molar-refractivity contribution is 0.211. The molecule has 0 saturated heterocycles. The molecule has 1 aromatic heterocycles. The molecular weight excluding hydrogens is 318 g/mol. The van der Waals surface area contributed by atoms with Crippen LogP contribution in [-0.4, -0.2) is 24.2 Å². The van der Waals surface area contributed by atoms with E-state index in [4.69, 9.17) is 4.74 Å². The normalized spacial score (nSPS) is 15.8. The number of urea groups is 1. The summed E-state index contributed by atoms with van der Waals surface area (Å²) in [5.41, 5.74) is 3.28. The summed E-state index contributed by atoms with van der Waals surface area (Å²) in [6.07, 6.45) is 0.882. The third-order valence-corrected chi connectivity index (χ3v) is 4.43. The molecule has 0 fully saturated rings. The van der Waals surface area contributed by atoms with Crippen molar-refractivity contribution in [2.75, 3.05) is 13.2 Å². The molecule has 0 spiro atoms. The Morgan fingerprint density at radius 3 is 2.88 bits per heavy atom. The van der Waals surface area contributed by atoms with E-state index in [0.29, 0.717) is 18.7 Å². The number of H-pyrrole nitrogens is 1. The maximum Gasteiger partial charge on any atom is 0.315 e. The Bertz CT molecular complexity index is 829. The number of aryl methyl sites for hydroxylation is 2. The Balaban J connectivity index is 1.49. The van der Waals surface area contributed by atoms with Gasteiger partial charge in [-0.3, -0.25) is 4.79 Å². The van der Waals surface area contributed by atoms with Gasteiger partial charge in [-0.05, 0) is 43.5 Å². The number of fused-ring (bicyclic) bond motifs is 1. The van der Waals surface area contributed by atoms with Crippen molar-refractivity contribution < 1.29 is 9.53 Å². The third kappa shape index (κ3) is 4.21. The van der Waals surface area contributed by atoms with E-state index in [1.54, 1.807) is 0 Å². The van der Waals surface area contributed by atoms with Crippen molar-refractivity contribution in [1.82, 2.24) is 15.6 Å². The van der Waals surface area contributed by atoms with Gasteiger partial charge in [0.25, 0.3) is 5.56 Å². The molecule has 25 heavy (non-hydrogen) atoms. The summed E-state index contributed by atoms with van der Waals surface area (Å²) in [5.74, 6) is 1.17. The second-order valence-corrected chi connectivity index (χ2v) is 6.50. The summed E-state index contributed by atoms with van der Waals surface area (Å²) < 4.78 is 5.72. The van der Waals surface area contributed by atoms with Crippen molar-refractivity contribution in [3.05, 3.63) is 63.1 Å². The van der Waals surface area contributed by atoms with Gasteiger partial charge in [-0.1, -0.05) is 18.2 Å². The Kier molecular flexibility index (Phi) is 5.07. The van der Waals surface area contributed by atoms with E-state index in [1.165, 1.54) is 5.56 Å². The van der Waals surface area contributed by atoms with E-state index in [-0.39, 0.29) is 24.1 Å². The van der Waals surface area contributed by atoms with E-state index < -0.39 is 0 Å². The molecule has 6 nitrogen and oxygen atoms in total. The minimum Gasteiger partial charge on any atom is -0.493 e. The fourth-order valence-electron chi connectivity index (χ4n) is 3.09. The second kappa shape index (κ2) is 7.42. The molecule has 1 unspecified atom stereocenters.